The van der Waals surface area contributed by atoms with Crippen LogP contribution < -0.4 is 5.32 Å². The molecule has 1 aromatic carbocycles. The highest BCUT2D eigenvalue weighted by Crippen LogP contribution is 2.21. The lowest BCUT2D eigenvalue weighted by atomic mass is 10.2. The molecule has 4 aromatic rings. The Balaban J connectivity index is 1.46. The lowest BCUT2D eigenvalue weighted by molar-refractivity contribution is -0.116. The van der Waals surface area contributed by atoms with Gasteiger partial charge in [0.05, 0.1) is 17.2 Å². The molecule has 0 saturated heterocycles. The fraction of sp³-hybridized carbons (Fsp3) is 0.158. The average Bonchev–Trinajstić information content (AvgIpc) is 3.26. The maximum Gasteiger partial charge on any atom is 0.226 e. The highest BCUT2D eigenvalue weighted by molar-refractivity contribution is 5.93. The number of imidazole rings is 1. The number of pyridine rings is 1. The largest absolute Gasteiger partial charge is 0.337 e. The molecule has 0 fully saturated rings. The SMILES string of the molecule is Cc1cnn(CCC(=O)Nc2ccc3nc(-c4ccccn4)[nH]c3c2)c1. The fourth-order valence-corrected chi connectivity index (χ4v) is 2.74. The van der Waals surface area contributed by atoms with E-state index >= 15 is 0 Å². The van der Waals surface area contributed by atoms with Crippen molar-refractivity contribution in [1.82, 2.24) is 24.7 Å². The predicted molar refractivity (Wildman–Crippen MR) is 99.5 cm³/mol. The number of benzene rings is 1. The molecule has 26 heavy (non-hydrogen) atoms. The van der Waals surface area contributed by atoms with Crippen molar-refractivity contribution in [3.05, 3.63) is 60.6 Å². The van der Waals surface area contributed by atoms with Crippen molar-refractivity contribution in [3.8, 4) is 11.5 Å². The number of aryl methyl sites for hydroxylation is 2. The van der Waals surface area contributed by atoms with Crippen LogP contribution in [0.2, 0.25) is 0 Å². The van der Waals surface area contributed by atoms with Gasteiger partial charge in [0.1, 0.15) is 5.69 Å². The molecule has 7 heteroatoms. The Morgan fingerprint density at radius 2 is 2.19 bits per heavy atom. The molecule has 2 N–H and O–H groups in total. The third-order valence-electron chi connectivity index (χ3n) is 4.00. The summed E-state index contributed by atoms with van der Waals surface area (Å²) in [6.45, 7) is 2.53. The van der Waals surface area contributed by atoms with E-state index < -0.39 is 0 Å². The van der Waals surface area contributed by atoms with Crippen molar-refractivity contribution in [1.29, 1.82) is 0 Å². The number of aromatic amines is 1. The van der Waals surface area contributed by atoms with Crippen molar-refractivity contribution in [2.45, 2.75) is 19.9 Å². The third-order valence-corrected chi connectivity index (χ3v) is 4.00. The van der Waals surface area contributed by atoms with Gasteiger partial charge in [-0.15, -0.1) is 0 Å². The maximum atomic E-state index is 12.2. The third kappa shape index (κ3) is 3.46. The molecule has 130 valence electrons. The van der Waals surface area contributed by atoms with Crippen LogP contribution in [0.3, 0.4) is 0 Å². The smallest absolute Gasteiger partial charge is 0.226 e. The van der Waals surface area contributed by atoms with Crippen LogP contribution >= 0.6 is 0 Å². The molecule has 7 nitrogen and oxygen atoms in total. The van der Waals surface area contributed by atoms with Crippen LogP contribution in [-0.4, -0.2) is 30.6 Å². The molecule has 0 unspecified atom stereocenters. The van der Waals surface area contributed by atoms with Gasteiger partial charge in [0.2, 0.25) is 5.91 Å². The Morgan fingerprint density at radius 3 is 2.96 bits per heavy atom. The number of aromatic nitrogens is 5. The van der Waals surface area contributed by atoms with Crippen LogP contribution in [0.25, 0.3) is 22.6 Å². The van der Waals surface area contributed by atoms with E-state index in [1.54, 1.807) is 17.1 Å². The van der Waals surface area contributed by atoms with Gasteiger partial charge in [-0.1, -0.05) is 6.07 Å². The van der Waals surface area contributed by atoms with E-state index in [4.69, 9.17) is 0 Å². The summed E-state index contributed by atoms with van der Waals surface area (Å²) in [6, 6.07) is 11.3. The quantitative estimate of drug-likeness (QED) is 0.581. The molecule has 0 atom stereocenters. The maximum absolute atomic E-state index is 12.2. The van der Waals surface area contributed by atoms with Gasteiger partial charge in [-0.25, -0.2) is 4.98 Å². The zero-order valence-corrected chi connectivity index (χ0v) is 14.3. The van der Waals surface area contributed by atoms with Crippen LogP contribution in [0, 0.1) is 6.92 Å². The number of hydrogen-bond acceptors (Lipinski definition) is 4. The van der Waals surface area contributed by atoms with Crippen LogP contribution in [0.15, 0.2) is 55.0 Å². The van der Waals surface area contributed by atoms with Gasteiger partial charge < -0.3 is 10.3 Å². The number of nitrogens with one attached hydrogen (secondary N) is 2. The highest BCUT2D eigenvalue weighted by Gasteiger charge is 2.08. The number of fused-ring (bicyclic) bond motifs is 1. The number of amides is 1. The molecule has 0 saturated carbocycles. The van der Waals surface area contributed by atoms with E-state index in [-0.39, 0.29) is 5.91 Å². The summed E-state index contributed by atoms with van der Waals surface area (Å²) in [7, 11) is 0. The van der Waals surface area contributed by atoms with Crippen molar-refractivity contribution in [2.75, 3.05) is 5.32 Å². The molecule has 0 aliphatic carbocycles. The van der Waals surface area contributed by atoms with Gasteiger partial charge >= 0.3 is 0 Å². The first-order chi connectivity index (χ1) is 12.7. The molecule has 0 aliphatic rings. The Labute approximate surface area is 150 Å². The average molecular weight is 346 g/mol. The molecule has 3 heterocycles. The summed E-state index contributed by atoms with van der Waals surface area (Å²) in [4.78, 5) is 24.3. The fourth-order valence-electron chi connectivity index (χ4n) is 2.74. The number of anilines is 1. The minimum atomic E-state index is -0.0537. The van der Waals surface area contributed by atoms with Gasteiger partial charge in [-0.2, -0.15) is 5.10 Å². The Bertz CT molecular complexity index is 1050. The molecule has 4 rings (SSSR count). The second kappa shape index (κ2) is 6.79. The van der Waals surface area contributed by atoms with E-state index in [1.807, 2.05) is 49.5 Å². The van der Waals surface area contributed by atoms with Crippen molar-refractivity contribution < 1.29 is 4.79 Å². The van der Waals surface area contributed by atoms with E-state index in [2.05, 4.69) is 25.4 Å². The van der Waals surface area contributed by atoms with Gasteiger partial charge in [0.15, 0.2) is 5.82 Å². The summed E-state index contributed by atoms with van der Waals surface area (Å²) >= 11 is 0. The van der Waals surface area contributed by atoms with Gasteiger partial charge in [-0.3, -0.25) is 14.5 Å². The second-order valence-corrected chi connectivity index (χ2v) is 6.11. The molecule has 0 bridgehead atoms. The molecule has 0 aliphatic heterocycles. The number of rotatable bonds is 5. The van der Waals surface area contributed by atoms with Gasteiger partial charge in [0, 0.05) is 31.0 Å². The van der Waals surface area contributed by atoms with Crippen LogP contribution in [-0.2, 0) is 11.3 Å². The van der Waals surface area contributed by atoms with Crippen LogP contribution in [0.1, 0.15) is 12.0 Å². The molecule has 3 aromatic heterocycles. The first-order valence-corrected chi connectivity index (χ1v) is 8.37. The van der Waals surface area contributed by atoms with Crippen molar-refractivity contribution in [2.24, 2.45) is 0 Å². The van der Waals surface area contributed by atoms with E-state index in [0.29, 0.717) is 18.8 Å². The predicted octanol–water partition coefficient (Wildman–Crippen LogP) is 3.16. The second-order valence-electron chi connectivity index (χ2n) is 6.11. The number of hydrogen-bond donors (Lipinski definition) is 2. The Morgan fingerprint density at radius 1 is 1.27 bits per heavy atom. The van der Waals surface area contributed by atoms with Gasteiger partial charge in [-0.05, 0) is 42.8 Å². The monoisotopic (exact) mass is 346 g/mol. The Kier molecular flexibility index (Phi) is 4.18. The molecular formula is C19H18N6O. The minimum absolute atomic E-state index is 0.0537. The zero-order chi connectivity index (χ0) is 17.9. The zero-order valence-electron chi connectivity index (χ0n) is 14.3. The molecule has 0 radical (unpaired) electrons. The van der Waals surface area contributed by atoms with E-state index in [0.717, 1.165) is 28.0 Å². The summed E-state index contributed by atoms with van der Waals surface area (Å²) in [6.07, 6.45) is 5.79. The first kappa shape index (κ1) is 16.0. The van der Waals surface area contributed by atoms with Crippen LogP contribution in [0.5, 0.6) is 0 Å². The highest BCUT2D eigenvalue weighted by atomic mass is 16.1. The molecule has 0 spiro atoms. The standard InChI is InChI=1S/C19H18N6O/c1-13-11-21-25(12-13)9-7-18(26)22-14-5-6-15-17(10-14)24-19(23-15)16-4-2-3-8-20-16/h2-6,8,10-12H,7,9H2,1H3,(H,22,26)(H,23,24). The Hall–Kier alpha value is -3.48. The number of carbonyl (C=O) groups excluding carboxylic acids is 1. The van der Waals surface area contributed by atoms with Crippen molar-refractivity contribution in [3.63, 3.8) is 0 Å². The normalized spacial score (nSPS) is 11.0. The topological polar surface area (TPSA) is 88.5 Å². The van der Waals surface area contributed by atoms with E-state index in [9.17, 15) is 4.79 Å². The number of carbonyl (C=O) groups is 1. The summed E-state index contributed by atoms with van der Waals surface area (Å²) in [5.74, 6) is 0.653. The summed E-state index contributed by atoms with van der Waals surface area (Å²) < 4.78 is 1.77. The lowest BCUT2D eigenvalue weighted by Crippen LogP contribution is -2.14. The first-order valence-electron chi connectivity index (χ1n) is 8.37. The van der Waals surface area contributed by atoms with Crippen molar-refractivity contribution >= 4 is 22.6 Å². The molecule has 1 amide bonds. The molecular weight excluding hydrogens is 328 g/mol. The number of nitrogens with zero attached hydrogens (tertiary/aromatic N) is 4. The van der Waals surface area contributed by atoms with Crippen LogP contribution in [0.4, 0.5) is 5.69 Å². The van der Waals surface area contributed by atoms with E-state index in [1.165, 1.54) is 0 Å². The minimum Gasteiger partial charge on any atom is -0.337 e. The summed E-state index contributed by atoms with van der Waals surface area (Å²) in [5.41, 5.74) is 4.28. The summed E-state index contributed by atoms with van der Waals surface area (Å²) in [5, 5.41) is 7.10. The number of H-pyrrole nitrogens is 1. The lowest BCUT2D eigenvalue weighted by Gasteiger charge is -2.05. The van der Waals surface area contributed by atoms with Gasteiger partial charge in [0.25, 0.3) is 0 Å².